The van der Waals surface area contributed by atoms with Crippen molar-refractivity contribution in [3.63, 3.8) is 0 Å². The molecule has 5 heteroatoms. The minimum absolute atomic E-state index is 0.150. The number of nitrogens with one attached hydrogen (secondary N) is 1. The summed E-state index contributed by atoms with van der Waals surface area (Å²) in [4.78, 5) is 0.150. The smallest absolute Gasteiger partial charge is 0.175 e. The maximum absolute atomic E-state index is 13.7. The molecule has 0 amide bonds. The summed E-state index contributed by atoms with van der Waals surface area (Å²) in [6.45, 7) is 2.17. The highest BCUT2D eigenvalue weighted by atomic mass is 32.2. The number of sulfone groups is 1. The van der Waals surface area contributed by atoms with Crippen LogP contribution in [-0.2, 0) is 9.84 Å². The molecular weight excluding hydrogens is 253 g/mol. The molecule has 1 aromatic carbocycles. The molecule has 1 aliphatic rings. The van der Waals surface area contributed by atoms with Gasteiger partial charge >= 0.3 is 0 Å². The molecule has 3 nitrogen and oxygen atoms in total. The van der Waals surface area contributed by atoms with Crippen molar-refractivity contribution in [2.75, 3.05) is 11.6 Å². The van der Waals surface area contributed by atoms with E-state index in [1.165, 1.54) is 18.2 Å². The van der Waals surface area contributed by atoms with E-state index >= 15 is 0 Å². The van der Waals surface area contributed by atoms with Gasteiger partial charge in [0.25, 0.3) is 0 Å². The molecule has 1 saturated carbocycles. The quantitative estimate of drug-likeness (QED) is 0.860. The van der Waals surface area contributed by atoms with Crippen LogP contribution in [0.25, 0.3) is 0 Å². The second-order valence-corrected chi connectivity index (χ2v) is 7.19. The van der Waals surface area contributed by atoms with Crippen molar-refractivity contribution in [2.45, 2.75) is 37.1 Å². The Balaban J connectivity index is 2.22. The van der Waals surface area contributed by atoms with Gasteiger partial charge in [-0.25, -0.2) is 12.8 Å². The Morgan fingerprint density at radius 2 is 2.06 bits per heavy atom. The lowest BCUT2D eigenvalue weighted by atomic mass is 10.1. The van der Waals surface area contributed by atoms with Crippen molar-refractivity contribution in [3.05, 3.63) is 24.0 Å². The molecule has 0 heterocycles. The Labute approximate surface area is 107 Å². The van der Waals surface area contributed by atoms with Crippen LogP contribution in [0.15, 0.2) is 23.1 Å². The topological polar surface area (TPSA) is 46.2 Å². The van der Waals surface area contributed by atoms with Gasteiger partial charge in [0.15, 0.2) is 9.84 Å². The first-order valence-electron chi connectivity index (χ1n) is 6.12. The average molecular weight is 271 g/mol. The second-order valence-electron chi connectivity index (χ2n) is 5.17. The molecule has 0 spiro atoms. The Morgan fingerprint density at radius 3 is 2.61 bits per heavy atom. The van der Waals surface area contributed by atoms with Crippen LogP contribution in [0.3, 0.4) is 0 Å². The normalized spacial score (nSPS) is 24.2. The van der Waals surface area contributed by atoms with Crippen molar-refractivity contribution in [1.82, 2.24) is 0 Å². The van der Waals surface area contributed by atoms with Crippen molar-refractivity contribution in [3.8, 4) is 0 Å². The summed E-state index contributed by atoms with van der Waals surface area (Å²) in [5.74, 6) is 0.241. The number of anilines is 1. The van der Waals surface area contributed by atoms with E-state index in [9.17, 15) is 12.8 Å². The van der Waals surface area contributed by atoms with Crippen molar-refractivity contribution >= 4 is 15.5 Å². The molecule has 2 unspecified atom stereocenters. The van der Waals surface area contributed by atoms with E-state index in [1.807, 2.05) is 0 Å². The monoisotopic (exact) mass is 271 g/mol. The number of rotatable bonds is 3. The highest BCUT2D eigenvalue weighted by Gasteiger charge is 2.22. The fourth-order valence-electron chi connectivity index (χ4n) is 2.40. The van der Waals surface area contributed by atoms with E-state index in [1.54, 1.807) is 0 Å². The van der Waals surface area contributed by atoms with Gasteiger partial charge in [-0.2, -0.15) is 0 Å². The Bertz CT molecular complexity index is 542. The summed E-state index contributed by atoms with van der Waals surface area (Å²) in [5, 5.41) is 3.11. The van der Waals surface area contributed by atoms with Crippen LogP contribution in [0.4, 0.5) is 10.1 Å². The van der Waals surface area contributed by atoms with E-state index < -0.39 is 15.7 Å². The van der Waals surface area contributed by atoms with Crippen LogP contribution in [0.5, 0.6) is 0 Å². The molecular formula is C13H18FNO2S. The summed E-state index contributed by atoms with van der Waals surface area (Å²) in [6, 6.07) is 4.13. The molecule has 2 rings (SSSR count). The zero-order valence-electron chi connectivity index (χ0n) is 10.6. The third-order valence-corrected chi connectivity index (χ3v) is 4.53. The first kappa shape index (κ1) is 13.3. The van der Waals surface area contributed by atoms with Gasteiger partial charge in [0.05, 0.1) is 10.6 Å². The van der Waals surface area contributed by atoms with Gasteiger partial charge in [0.1, 0.15) is 5.82 Å². The van der Waals surface area contributed by atoms with Crippen LogP contribution >= 0.6 is 0 Å². The maximum Gasteiger partial charge on any atom is 0.175 e. The lowest BCUT2D eigenvalue weighted by Crippen LogP contribution is -2.16. The van der Waals surface area contributed by atoms with Gasteiger partial charge in [-0.1, -0.05) is 6.92 Å². The molecule has 0 aliphatic heterocycles. The molecule has 100 valence electrons. The number of halogens is 1. The second kappa shape index (κ2) is 4.88. The lowest BCUT2D eigenvalue weighted by Gasteiger charge is -2.15. The van der Waals surface area contributed by atoms with Gasteiger partial charge < -0.3 is 5.32 Å². The minimum Gasteiger partial charge on any atom is -0.380 e. The molecule has 0 bridgehead atoms. The Morgan fingerprint density at radius 1 is 1.33 bits per heavy atom. The van der Waals surface area contributed by atoms with Crippen LogP contribution in [-0.4, -0.2) is 20.7 Å². The lowest BCUT2D eigenvalue weighted by molar-refractivity contribution is 0.595. The molecule has 1 aliphatic carbocycles. The highest BCUT2D eigenvalue weighted by Crippen LogP contribution is 2.29. The summed E-state index contributed by atoms with van der Waals surface area (Å²) in [6.07, 6.45) is 4.26. The molecule has 0 radical (unpaired) electrons. The summed E-state index contributed by atoms with van der Waals surface area (Å²) in [7, 11) is -3.29. The first-order chi connectivity index (χ1) is 8.36. The Hall–Kier alpha value is -1.10. The fourth-order valence-corrected chi connectivity index (χ4v) is 3.05. The summed E-state index contributed by atoms with van der Waals surface area (Å²) >= 11 is 0. The van der Waals surface area contributed by atoms with Gasteiger partial charge in [0.2, 0.25) is 0 Å². The SMILES string of the molecule is CC1CCC(Nc2cc(S(C)(=O)=O)ccc2F)C1. The zero-order valence-corrected chi connectivity index (χ0v) is 11.4. The summed E-state index contributed by atoms with van der Waals surface area (Å²) < 4.78 is 36.5. The molecule has 1 aromatic rings. The van der Waals surface area contributed by atoms with E-state index in [0.29, 0.717) is 5.92 Å². The number of benzene rings is 1. The average Bonchev–Trinajstić information content (AvgIpc) is 2.66. The maximum atomic E-state index is 13.7. The van der Waals surface area contributed by atoms with Crippen LogP contribution < -0.4 is 5.32 Å². The van der Waals surface area contributed by atoms with Gasteiger partial charge in [-0.3, -0.25) is 0 Å². The molecule has 2 atom stereocenters. The van der Waals surface area contributed by atoms with E-state index in [0.717, 1.165) is 25.5 Å². The summed E-state index contributed by atoms with van der Waals surface area (Å²) in [5.41, 5.74) is 0.289. The van der Waals surface area contributed by atoms with Crippen LogP contribution in [0, 0.1) is 11.7 Å². The first-order valence-corrected chi connectivity index (χ1v) is 8.01. The van der Waals surface area contributed by atoms with Crippen LogP contribution in [0.1, 0.15) is 26.2 Å². The predicted molar refractivity (Wildman–Crippen MR) is 69.9 cm³/mol. The van der Waals surface area contributed by atoms with Gasteiger partial charge in [-0.05, 0) is 43.4 Å². The molecule has 1 fully saturated rings. The van der Waals surface area contributed by atoms with Crippen LogP contribution in [0.2, 0.25) is 0 Å². The fraction of sp³-hybridized carbons (Fsp3) is 0.538. The third-order valence-electron chi connectivity index (χ3n) is 3.42. The van der Waals surface area contributed by atoms with Crippen molar-refractivity contribution in [1.29, 1.82) is 0 Å². The molecule has 1 N–H and O–H groups in total. The molecule has 0 saturated heterocycles. The van der Waals surface area contributed by atoms with Gasteiger partial charge in [0, 0.05) is 12.3 Å². The zero-order chi connectivity index (χ0) is 13.3. The number of hydrogen-bond acceptors (Lipinski definition) is 3. The predicted octanol–water partition coefficient (Wildman–Crippen LogP) is 2.83. The number of hydrogen-bond donors (Lipinski definition) is 1. The Kier molecular flexibility index (Phi) is 3.61. The molecule has 18 heavy (non-hydrogen) atoms. The minimum atomic E-state index is -3.29. The van der Waals surface area contributed by atoms with E-state index in [-0.39, 0.29) is 16.6 Å². The largest absolute Gasteiger partial charge is 0.380 e. The highest BCUT2D eigenvalue weighted by molar-refractivity contribution is 7.90. The standard InChI is InChI=1S/C13H18FNO2S/c1-9-3-4-10(7-9)15-13-8-11(18(2,16)17)5-6-12(13)14/h5-6,8-10,15H,3-4,7H2,1-2H3. The van der Waals surface area contributed by atoms with Crippen molar-refractivity contribution in [2.24, 2.45) is 5.92 Å². The van der Waals surface area contributed by atoms with E-state index in [4.69, 9.17) is 0 Å². The van der Waals surface area contributed by atoms with Crippen molar-refractivity contribution < 1.29 is 12.8 Å². The molecule has 0 aromatic heterocycles. The third kappa shape index (κ3) is 3.02. The van der Waals surface area contributed by atoms with E-state index in [2.05, 4.69) is 12.2 Å². The van der Waals surface area contributed by atoms with Gasteiger partial charge in [-0.15, -0.1) is 0 Å².